The van der Waals surface area contributed by atoms with Crippen LogP contribution in [0.1, 0.15) is 0 Å². The molecule has 6 heteroatoms. The van der Waals surface area contributed by atoms with Crippen molar-refractivity contribution < 1.29 is 9.90 Å². The minimum atomic E-state index is -1.09. The van der Waals surface area contributed by atoms with Gasteiger partial charge in [0.25, 0.3) is 5.56 Å². The molecule has 0 saturated heterocycles. The van der Waals surface area contributed by atoms with Gasteiger partial charge in [-0.15, -0.1) is 0 Å². The lowest BCUT2D eigenvalue weighted by molar-refractivity contribution is -0.138. The minimum Gasteiger partial charge on any atom is -0.480 e. The van der Waals surface area contributed by atoms with E-state index in [1.165, 1.54) is 6.33 Å². The van der Waals surface area contributed by atoms with Crippen LogP contribution >= 0.6 is 0 Å². The number of carbonyl (C=O) groups is 1. The average molecular weight is 193 g/mol. The van der Waals surface area contributed by atoms with E-state index in [-0.39, 0.29) is 0 Å². The summed E-state index contributed by atoms with van der Waals surface area (Å²) in [7, 11) is 0. The zero-order chi connectivity index (χ0) is 10.1. The van der Waals surface area contributed by atoms with Gasteiger partial charge in [0.05, 0.1) is 0 Å². The molecule has 0 amide bonds. The van der Waals surface area contributed by atoms with Crippen LogP contribution in [0.3, 0.4) is 0 Å². The molecule has 0 atom stereocenters. The maximum atomic E-state index is 11.5. The zero-order valence-corrected chi connectivity index (χ0v) is 7.12. The summed E-state index contributed by atoms with van der Waals surface area (Å²) < 4.78 is 2.46. The Bertz CT molecular complexity index is 540. The van der Waals surface area contributed by atoms with Crippen molar-refractivity contribution in [2.75, 3.05) is 0 Å². The Hall–Kier alpha value is -2.11. The second-order valence-electron chi connectivity index (χ2n) is 2.79. The van der Waals surface area contributed by atoms with E-state index in [2.05, 4.69) is 5.10 Å². The van der Waals surface area contributed by atoms with E-state index < -0.39 is 18.1 Å². The van der Waals surface area contributed by atoms with Gasteiger partial charge in [-0.2, -0.15) is 5.10 Å². The van der Waals surface area contributed by atoms with Gasteiger partial charge >= 0.3 is 5.97 Å². The van der Waals surface area contributed by atoms with Crippen molar-refractivity contribution >= 4 is 11.5 Å². The first kappa shape index (κ1) is 8.49. The number of hydrogen-bond donors (Lipinski definition) is 1. The third kappa shape index (κ3) is 1.26. The second-order valence-corrected chi connectivity index (χ2v) is 2.79. The van der Waals surface area contributed by atoms with Crippen LogP contribution in [-0.4, -0.2) is 25.3 Å². The fraction of sp³-hybridized carbons (Fsp3) is 0.125. The molecule has 0 aromatic carbocycles. The van der Waals surface area contributed by atoms with Gasteiger partial charge in [0.1, 0.15) is 18.4 Å². The summed E-state index contributed by atoms with van der Waals surface area (Å²) in [4.78, 5) is 21.9. The lowest BCUT2D eigenvalue weighted by Gasteiger charge is -2.00. The lowest BCUT2D eigenvalue weighted by atomic mass is 10.5. The maximum Gasteiger partial charge on any atom is 0.325 e. The molecular weight excluding hydrogens is 186 g/mol. The van der Waals surface area contributed by atoms with Crippen LogP contribution in [-0.2, 0) is 11.3 Å². The van der Waals surface area contributed by atoms with Crippen molar-refractivity contribution in [1.29, 1.82) is 0 Å². The standard InChI is InChI=1S/C8H7N3O3/c12-7(13)4-11-8(14)6-2-1-3-10(6)5-9-11/h1-3,5H,4H2,(H,12,13). The van der Waals surface area contributed by atoms with Crippen LogP contribution in [0.4, 0.5) is 0 Å². The quantitative estimate of drug-likeness (QED) is 0.702. The molecule has 6 nitrogen and oxygen atoms in total. The third-order valence-corrected chi connectivity index (χ3v) is 1.83. The van der Waals surface area contributed by atoms with E-state index in [1.54, 1.807) is 22.7 Å². The Kier molecular flexibility index (Phi) is 1.81. The number of aromatic nitrogens is 3. The molecule has 0 aliphatic carbocycles. The summed E-state index contributed by atoms with van der Waals surface area (Å²) in [6.45, 7) is -0.416. The Labute approximate surface area is 78.0 Å². The van der Waals surface area contributed by atoms with Crippen molar-refractivity contribution in [3.8, 4) is 0 Å². The van der Waals surface area contributed by atoms with Gasteiger partial charge < -0.3 is 9.51 Å². The number of carboxylic acid groups (broad SMARTS) is 1. The van der Waals surface area contributed by atoms with E-state index >= 15 is 0 Å². The molecule has 2 heterocycles. The second kappa shape index (κ2) is 2.99. The van der Waals surface area contributed by atoms with Crippen molar-refractivity contribution in [2.45, 2.75) is 6.54 Å². The predicted molar refractivity (Wildman–Crippen MR) is 47.1 cm³/mol. The van der Waals surface area contributed by atoms with Gasteiger partial charge in [-0.1, -0.05) is 0 Å². The highest BCUT2D eigenvalue weighted by Gasteiger charge is 2.06. The number of nitrogens with zero attached hydrogens (tertiary/aromatic N) is 3. The lowest BCUT2D eigenvalue weighted by Crippen LogP contribution is -2.27. The highest BCUT2D eigenvalue weighted by atomic mass is 16.4. The van der Waals surface area contributed by atoms with E-state index in [0.717, 1.165) is 4.68 Å². The molecule has 2 aromatic heterocycles. The van der Waals surface area contributed by atoms with Crippen LogP contribution in [0.5, 0.6) is 0 Å². The average Bonchev–Trinajstić information content (AvgIpc) is 2.57. The monoisotopic (exact) mass is 193 g/mol. The van der Waals surface area contributed by atoms with Crippen LogP contribution < -0.4 is 5.56 Å². The Morgan fingerprint density at radius 1 is 1.57 bits per heavy atom. The highest BCUT2D eigenvalue weighted by Crippen LogP contribution is 1.95. The van der Waals surface area contributed by atoms with Gasteiger partial charge in [0, 0.05) is 6.20 Å². The summed E-state index contributed by atoms with van der Waals surface area (Å²) in [6.07, 6.45) is 3.08. The van der Waals surface area contributed by atoms with Crippen LogP contribution in [0.2, 0.25) is 0 Å². The number of carboxylic acids is 1. The van der Waals surface area contributed by atoms with Gasteiger partial charge in [0.15, 0.2) is 0 Å². The molecule has 2 aromatic rings. The van der Waals surface area contributed by atoms with Crippen molar-refractivity contribution in [3.63, 3.8) is 0 Å². The van der Waals surface area contributed by atoms with Gasteiger partial charge in [-0.25, -0.2) is 4.68 Å². The molecule has 0 aliphatic rings. The Balaban J connectivity index is 2.62. The smallest absolute Gasteiger partial charge is 0.325 e. The van der Waals surface area contributed by atoms with Crippen molar-refractivity contribution in [2.24, 2.45) is 0 Å². The maximum absolute atomic E-state index is 11.5. The molecule has 0 saturated carbocycles. The van der Waals surface area contributed by atoms with E-state index in [9.17, 15) is 9.59 Å². The van der Waals surface area contributed by atoms with Gasteiger partial charge in [0.2, 0.25) is 0 Å². The first-order chi connectivity index (χ1) is 6.68. The zero-order valence-electron chi connectivity index (χ0n) is 7.12. The fourth-order valence-electron chi connectivity index (χ4n) is 1.22. The molecule has 0 spiro atoms. The first-order valence-corrected chi connectivity index (χ1v) is 3.93. The summed E-state index contributed by atoms with van der Waals surface area (Å²) in [5.74, 6) is -1.09. The fourth-order valence-corrected chi connectivity index (χ4v) is 1.22. The van der Waals surface area contributed by atoms with Gasteiger partial charge in [-0.05, 0) is 12.1 Å². The molecule has 0 bridgehead atoms. The topological polar surface area (TPSA) is 76.6 Å². The van der Waals surface area contributed by atoms with Crippen molar-refractivity contribution in [3.05, 3.63) is 35.0 Å². The molecule has 0 fully saturated rings. The molecule has 1 N–H and O–H groups in total. The summed E-state index contributed by atoms with van der Waals surface area (Å²) in [5, 5.41) is 12.2. The highest BCUT2D eigenvalue weighted by molar-refractivity contribution is 5.66. The SMILES string of the molecule is O=C(O)Cn1ncn2cccc2c1=O. The van der Waals surface area contributed by atoms with E-state index in [0.29, 0.717) is 5.52 Å². The van der Waals surface area contributed by atoms with E-state index in [1.807, 2.05) is 0 Å². The predicted octanol–water partition coefficient (Wildman–Crippen LogP) is -0.419. The van der Waals surface area contributed by atoms with Crippen LogP contribution in [0.25, 0.3) is 5.52 Å². The van der Waals surface area contributed by atoms with Crippen molar-refractivity contribution in [1.82, 2.24) is 14.2 Å². The minimum absolute atomic E-state index is 0.403. The molecule has 2 rings (SSSR count). The largest absolute Gasteiger partial charge is 0.480 e. The molecule has 72 valence electrons. The number of fused-ring (bicyclic) bond motifs is 1. The first-order valence-electron chi connectivity index (χ1n) is 3.93. The third-order valence-electron chi connectivity index (χ3n) is 1.83. The molecule has 0 unspecified atom stereocenters. The normalized spacial score (nSPS) is 10.6. The molecule has 14 heavy (non-hydrogen) atoms. The summed E-state index contributed by atoms with van der Waals surface area (Å²) in [5.41, 5.74) is 0.0150. The summed E-state index contributed by atoms with van der Waals surface area (Å²) in [6, 6.07) is 3.31. The number of hydrogen-bond acceptors (Lipinski definition) is 3. The van der Waals surface area contributed by atoms with Crippen LogP contribution in [0.15, 0.2) is 29.5 Å². The number of aliphatic carboxylic acids is 1. The summed E-state index contributed by atoms with van der Waals surface area (Å²) >= 11 is 0. The Morgan fingerprint density at radius 3 is 3.07 bits per heavy atom. The molecule has 0 aliphatic heterocycles. The Morgan fingerprint density at radius 2 is 2.36 bits per heavy atom. The molecular formula is C8H7N3O3. The van der Waals surface area contributed by atoms with Gasteiger partial charge in [-0.3, -0.25) is 9.59 Å². The molecule has 0 radical (unpaired) electrons. The number of rotatable bonds is 2. The van der Waals surface area contributed by atoms with E-state index in [4.69, 9.17) is 5.11 Å². The van der Waals surface area contributed by atoms with Crippen LogP contribution in [0, 0.1) is 0 Å².